The fourth-order valence-electron chi connectivity index (χ4n) is 2.88. The van der Waals surface area contributed by atoms with Gasteiger partial charge in [0.25, 0.3) is 0 Å². The summed E-state index contributed by atoms with van der Waals surface area (Å²) >= 11 is 0. The van der Waals surface area contributed by atoms with Gasteiger partial charge in [-0.2, -0.15) is 0 Å². The molecule has 0 aliphatic rings. The SMILES string of the molecule is NOCCOCCCCCCCCCCCCCc1cccnc1. The molecular formula is C20H36N2O2. The fraction of sp³-hybridized carbons (Fsp3) is 0.750. The Morgan fingerprint density at radius 3 is 1.96 bits per heavy atom. The third kappa shape index (κ3) is 13.5. The molecule has 0 atom stereocenters. The van der Waals surface area contributed by atoms with E-state index in [9.17, 15) is 0 Å². The van der Waals surface area contributed by atoms with E-state index in [0.717, 1.165) is 13.0 Å². The van der Waals surface area contributed by atoms with Crippen molar-refractivity contribution in [3.05, 3.63) is 30.1 Å². The molecule has 0 saturated heterocycles. The largest absolute Gasteiger partial charge is 0.379 e. The second-order valence-electron chi connectivity index (χ2n) is 6.48. The van der Waals surface area contributed by atoms with Crippen LogP contribution in [0.1, 0.15) is 76.2 Å². The lowest BCUT2D eigenvalue weighted by Gasteiger charge is -2.04. The van der Waals surface area contributed by atoms with Crippen LogP contribution in [0.25, 0.3) is 0 Å². The number of hydrogen-bond acceptors (Lipinski definition) is 4. The Hall–Kier alpha value is -0.970. The summed E-state index contributed by atoms with van der Waals surface area (Å²) in [4.78, 5) is 8.61. The highest BCUT2D eigenvalue weighted by Crippen LogP contribution is 2.12. The van der Waals surface area contributed by atoms with Gasteiger partial charge < -0.3 is 9.57 Å². The monoisotopic (exact) mass is 336 g/mol. The molecule has 0 unspecified atom stereocenters. The quantitative estimate of drug-likeness (QED) is 0.327. The summed E-state index contributed by atoms with van der Waals surface area (Å²) in [5.74, 6) is 4.92. The van der Waals surface area contributed by atoms with Crippen molar-refractivity contribution in [2.45, 2.75) is 77.0 Å². The number of nitrogens with zero attached hydrogens (tertiary/aromatic N) is 1. The van der Waals surface area contributed by atoms with Crippen LogP contribution in [0.3, 0.4) is 0 Å². The number of rotatable bonds is 17. The molecule has 2 N–H and O–H groups in total. The normalized spacial score (nSPS) is 11.0. The molecule has 1 aromatic rings. The van der Waals surface area contributed by atoms with Crippen molar-refractivity contribution in [3.63, 3.8) is 0 Å². The van der Waals surface area contributed by atoms with Gasteiger partial charge in [0.2, 0.25) is 0 Å². The minimum atomic E-state index is 0.490. The maximum absolute atomic E-state index is 5.39. The van der Waals surface area contributed by atoms with Crippen LogP contribution in [-0.2, 0) is 16.0 Å². The lowest BCUT2D eigenvalue weighted by atomic mass is 10.0. The smallest absolute Gasteiger partial charge is 0.0913 e. The van der Waals surface area contributed by atoms with Crippen LogP contribution in [0.15, 0.2) is 24.5 Å². The predicted octanol–water partition coefficient (Wildman–Crippen LogP) is 4.82. The Labute approximate surface area is 148 Å². The van der Waals surface area contributed by atoms with Crippen LogP contribution in [-0.4, -0.2) is 24.8 Å². The first-order valence-electron chi connectivity index (χ1n) is 9.72. The van der Waals surface area contributed by atoms with E-state index in [0.29, 0.717) is 13.2 Å². The summed E-state index contributed by atoms with van der Waals surface area (Å²) in [7, 11) is 0. The minimum Gasteiger partial charge on any atom is -0.379 e. The van der Waals surface area contributed by atoms with E-state index >= 15 is 0 Å². The van der Waals surface area contributed by atoms with Crippen molar-refractivity contribution in [1.29, 1.82) is 0 Å². The van der Waals surface area contributed by atoms with Crippen LogP contribution in [0.4, 0.5) is 0 Å². The lowest BCUT2D eigenvalue weighted by molar-refractivity contribution is 0.0463. The average Bonchev–Trinajstić information content (AvgIpc) is 2.62. The number of aryl methyl sites for hydroxylation is 1. The van der Waals surface area contributed by atoms with E-state index < -0.39 is 0 Å². The Bertz CT molecular complexity index is 360. The molecule has 0 saturated carbocycles. The Balaban J connectivity index is 1.70. The first-order chi connectivity index (χ1) is 11.9. The van der Waals surface area contributed by atoms with Crippen molar-refractivity contribution in [2.24, 2.45) is 5.90 Å². The topological polar surface area (TPSA) is 57.4 Å². The molecule has 0 radical (unpaired) electrons. The first kappa shape index (κ1) is 21.1. The number of aromatic nitrogens is 1. The van der Waals surface area contributed by atoms with Crippen molar-refractivity contribution in [1.82, 2.24) is 4.98 Å². The van der Waals surface area contributed by atoms with Crippen molar-refractivity contribution >= 4 is 0 Å². The third-order valence-corrected chi connectivity index (χ3v) is 4.32. The van der Waals surface area contributed by atoms with Gasteiger partial charge in [0.05, 0.1) is 13.2 Å². The molecule has 24 heavy (non-hydrogen) atoms. The van der Waals surface area contributed by atoms with Gasteiger partial charge in [-0.25, -0.2) is 5.90 Å². The molecule has 0 aliphatic carbocycles. The fourth-order valence-corrected chi connectivity index (χ4v) is 2.88. The van der Waals surface area contributed by atoms with Gasteiger partial charge in [0.1, 0.15) is 0 Å². The minimum absolute atomic E-state index is 0.490. The van der Waals surface area contributed by atoms with Crippen LogP contribution < -0.4 is 5.90 Å². The van der Waals surface area contributed by atoms with Crippen LogP contribution in [0, 0.1) is 0 Å². The molecule has 0 fully saturated rings. The van der Waals surface area contributed by atoms with E-state index in [2.05, 4.69) is 15.9 Å². The molecule has 0 amide bonds. The van der Waals surface area contributed by atoms with Gasteiger partial charge in [0, 0.05) is 19.0 Å². The molecule has 1 aromatic heterocycles. The highest BCUT2D eigenvalue weighted by atomic mass is 16.6. The third-order valence-electron chi connectivity index (χ3n) is 4.32. The average molecular weight is 337 g/mol. The van der Waals surface area contributed by atoms with E-state index in [-0.39, 0.29) is 0 Å². The highest BCUT2D eigenvalue weighted by Gasteiger charge is 1.95. The van der Waals surface area contributed by atoms with Gasteiger partial charge in [-0.3, -0.25) is 4.98 Å². The maximum atomic E-state index is 5.39. The molecule has 0 spiro atoms. The summed E-state index contributed by atoms with van der Waals surface area (Å²) in [6, 6.07) is 4.20. The van der Waals surface area contributed by atoms with Gasteiger partial charge in [-0.15, -0.1) is 0 Å². The Morgan fingerprint density at radius 2 is 1.38 bits per heavy atom. The molecule has 4 heteroatoms. The lowest BCUT2D eigenvalue weighted by Crippen LogP contribution is -2.08. The van der Waals surface area contributed by atoms with E-state index in [1.165, 1.54) is 76.2 Å². The maximum Gasteiger partial charge on any atom is 0.0913 e. The Kier molecular flexibility index (Phi) is 14.8. The van der Waals surface area contributed by atoms with Crippen molar-refractivity contribution in [2.75, 3.05) is 19.8 Å². The molecule has 0 aliphatic heterocycles. The van der Waals surface area contributed by atoms with Crippen molar-refractivity contribution < 1.29 is 9.57 Å². The predicted molar refractivity (Wildman–Crippen MR) is 99.7 cm³/mol. The van der Waals surface area contributed by atoms with Gasteiger partial charge in [-0.05, 0) is 30.9 Å². The van der Waals surface area contributed by atoms with Gasteiger partial charge in [0.15, 0.2) is 0 Å². The highest BCUT2D eigenvalue weighted by molar-refractivity contribution is 5.08. The zero-order chi connectivity index (χ0) is 17.1. The number of pyridine rings is 1. The zero-order valence-corrected chi connectivity index (χ0v) is 15.3. The molecule has 1 rings (SSSR count). The number of hydrogen-bond donors (Lipinski definition) is 1. The van der Waals surface area contributed by atoms with Crippen LogP contribution in [0.2, 0.25) is 0 Å². The molecular weight excluding hydrogens is 300 g/mol. The van der Waals surface area contributed by atoms with Crippen LogP contribution >= 0.6 is 0 Å². The summed E-state index contributed by atoms with van der Waals surface area (Å²) in [6.45, 7) is 1.94. The van der Waals surface area contributed by atoms with Crippen molar-refractivity contribution in [3.8, 4) is 0 Å². The standard InChI is InChI=1S/C20H36N2O2/c21-24-18-17-23-16-11-9-7-5-3-1-2-4-6-8-10-13-20-14-12-15-22-19-20/h12,14-15,19H,1-11,13,16-18,21H2. The summed E-state index contributed by atoms with van der Waals surface area (Å²) < 4.78 is 5.39. The molecule has 0 aromatic carbocycles. The number of ether oxygens (including phenoxy) is 1. The molecule has 4 nitrogen and oxygen atoms in total. The summed E-state index contributed by atoms with van der Waals surface area (Å²) in [5, 5.41) is 0. The second-order valence-corrected chi connectivity index (χ2v) is 6.48. The van der Waals surface area contributed by atoms with Gasteiger partial charge >= 0.3 is 0 Å². The molecule has 1 heterocycles. The first-order valence-corrected chi connectivity index (χ1v) is 9.72. The second kappa shape index (κ2) is 16.9. The molecule has 0 bridgehead atoms. The van der Waals surface area contributed by atoms with E-state index in [1.54, 1.807) is 0 Å². The molecule has 138 valence electrons. The van der Waals surface area contributed by atoms with E-state index in [4.69, 9.17) is 10.6 Å². The number of nitrogens with two attached hydrogens (primary N) is 1. The summed E-state index contributed by atoms with van der Waals surface area (Å²) in [5.41, 5.74) is 1.37. The van der Waals surface area contributed by atoms with Gasteiger partial charge in [-0.1, -0.05) is 63.9 Å². The van der Waals surface area contributed by atoms with Crippen LogP contribution in [0.5, 0.6) is 0 Å². The van der Waals surface area contributed by atoms with E-state index in [1.807, 2.05) is 18.5 Å². The zero-order valence-electron chi connectivity index (χ0n) is 15.3. The Morgan fingerprint density at radius 1 is 0.750 bits per heavy atom. The summed E-state index contributed by atoms with van der Waals surface area (Å²) in [6.07, 6.45) is 19.7. The number of unbranched alkanes of at least 4 members (excludes halogenated alkanes) is 10.